The molecule has 1 aromatic heterocycles. The van der Waals surface area contributed by atoms with Gasteiger partial charge in [0.2, 0.25) is 0 Å². The summed E-state index contributed by atoms with van der Waals surface area (Å²) in [5.74, 6) is -0.721. The molecule has 1 aliphatic heterocycles. The minimum atomic E-state index is -0.773. The molecule has 2 rings (SSSR count). The fourth-order valence-electron chi connectivity index (χ4n) is 2.61. The van der Waals surface area contributed by atoms with Crippen LogP contribution in [0.5, 0.6) is 0 Å². The van der Waals surface area contributed by atoms with E-state index in [0.29, 0.717) is 26.1 Å². The largest absolute Gasteiger partial charge is 0.480 e. The first kappa shape index (κ1) is 17.9. The summed E-state index contributed by atoms with van der Waals surface area (Å²) < 4.78 is 0. The molecule has 0 spiro atoms. The second-order valence-electron chi connectivity index (χ2n) is 4.96. The molecule has 1 fully saturated rings. The minimum absolute atomic E-state index is 0. The monoisotopic (exact) mass is 332 g/mol. The van der Waals surface area contributed by atoms with Gasteiger partial charge in [-0.15, -0.1) is 12.4 Å². The van der Waals surface area contributed by atoms with Crippen molar-refractivity contribution in [3.8, 4) is 0 Å². The number of thiophene rings is 1. The average molecular weight is 333 g/mol. The van der Waals surface area contributed by atoms with Crippen molar-refractivity contribution in [2.75, 3.05) is 26.2 Å². The van der Waals surface area contributed by atoms with E-state index in [1.165, 1.54) is 11.3 Å². The second kappa shape index (κ2) is 8.36. The number of hydrogen-bond acceptors (Lipinski definition) is 4. The van der Waals surface area contributed by atoms with Crippen LogP contribution in [-0.4, -0.2) is 59.0 Å². The van der Waals surface area contributed by atoms with Gasteiger partial charge < -0.3 is 10.0 Å². The fourth-order valence-corrected chi connectivity index (χ4v) is 3.24. The van der Waals surface area contributed by atoms with E-state index in [1.54, 1.807) is 0 Å². The van der Waals surface area contributed by atoms with Gasteiger partial charge in [-0.25, -0.2) is 0 Å². The molecule has 118 valence electrons. The predicted molar refractivity (Wildman–Crippen MR) is 85.4 cm³/mol. The van der Waals surface area contributed by atoms with E-state index < -0.39 is 12.0 Å². The number of carbonyl (C=O) groups excluding carboxylic acids is 1. The quantitative estimate of drug-likeness (QED) is 0.918. The summed E-state index contributed by atoms with van der Waals surface area (Å²) in [5, 5.41) is 13.0. The van der Waals surface area contributed by atoms with Crippen LogP contribution in [-0.2, 0) is 4.79 Å². The number of amides is 1. The Hall–Kier alpha value is -1.11. The molecule has 1 atom stereocenters. The number of carbonyl (C=O) groups is 2. The molecule has 0 saturated carbocycles. The smallest absolute Gasteiger partial charge is 0.320 e. The maximum absolute atomic E-state index is 12.3. The van der Waals surface area contributed by atoms with Gasteiger partial charge in [-0.05, 0) is 24.3 Å². The molecule has 0 aromatic carbocycles. The summed E-state index contributed by atoms with van der Waals surface area (Å²) >= 11 is 1.51. The van der Waals surface area contributed by atoms with Crippen LogP contribution in [0.15, 0.2) is 16.8 Å². The number of halogens is 1. The van der Waals surface area contributed by atoms with Crippen LogP contribution < -0.4 is 0 Å². The first-order chi connectivity index (χ1) is 9.63. The van der Waals surface area contributed by atoms with E-state index in [9.17, 15) is 14.7 Å². The zero-order chi connectivity index (χ0) is 14.5. The van der Waals surface area contributed by atoms with E-state index >= 15 is 0 Å². The maximum Gasteiger partial charge on any atom is 0.320 e. The minimum Gasteiger partial charge on any atom is -0.480 e. The van der Waals surface area contributed by atoms with Gasteiger partial charge in [0.15, 0.2) is 0 Å². The first-order valence-corrected chi connectivity index (χ1v) is 7.86. The van der Waals surface area contributed by atoms with Gasteiger partial charge in [0.05, 0.1) is 5.56 Å². The highest BCUT2D eigenvalue weighted by Crippen LogP contribution is 2.14. The van der Waals surface area contributed by atoms with Crippen LogP contribution in [0.4, 0.5) is 0 Å². The van der Waals surface area contributed by atoms with Crippen molar-refractivity contribution in [2.45, 2.75) is 25.8 Å². The number of carboxylic acids is 1. The highest BCUT2D eigenvalue weighted by molar-refractivity contribution is 7.08. The standard InChI is InChI=1S/C14H20N2O3S.ClH/c1-2-12(14(18)19)15-5-3-6-16(8-7-15)13(17)11-4-9-20-10-11;/h4,9-10,12H,2-3,5-8H2,1H3,(H,18,19);1H. The van der Waals surface area contributed by atoms with Crippen molar-refractivity contribution in [1.82, 2.24) is 9.80 Å². The van der Waals surface area contributed by atoms with Gasteiger partial charge in [0, 0.05) is 31.6 Å². The summed E-state index contributed by atoms with van der Waals surface area (Å²) in [7, 11) is 0. The molecule has 1 unspecified atom stereocenters. The number of nitrogens with zero attached hydrogens (tertiary/aromatic N) is 2. The van der Waals surface area contributed by atoms with E-state index in [-0.39, 0.29) is 18.3 Å². The molecule has 1 aromatic rings. The summed E-state index contributed by atoms with van der Waals surface area (Å²) in [6.45, 7) is 4.54. The lowest BCUT2D eigenvalue weighted by atomic mass is 10.2. The van der Waals surface area contributed by atoms with Gasteiger partial charge in [-0.1, -0.05) is 6.92 Å². The van der Waals surface area contributed by atoms with Gasteiger partial charge >= 0.3 is 5.97 Å². The lowest BCUT2D eigenvalue weighted by Crippen LogP contribution is -2.43. The highest BCUT2D eigenvalue weighted by atomic mass is 35.5. The first-order valence-electron chi connectivity index (χ1n) is 6.91. The summed E-state index contributed by atoms with van der Waals surface area (Å²) in [6.07, 6.45) is 1.41. The van der Waals surface area contributed by atoms with Crippen molar-refractivity contribution in [3.63, 3.8) is 0 Å². The summed E-state index contributed by atoms with van der Waals surface area (Å²) in [6, 6.07) is 1.40. The van der Waals surface area contributed by atoms with Crippen LogP contribution >= 0.6 is 23.7 Å². The molecule has 21 heavy (non-hydrogen) atoms. The molecule has 7 heteroatoms. The third-order valence-electron chi connectivity index (χ3n) is 3.70. The number of aliphatic carboxylic acids is 1. The van der Waals surface area contributed by atoms with Crippen LogP contribution in [0.2, 0.25) is 0 Å². The molecular weight excluding hydrogens is 312 g/mol. The second-order valence-corrected chi connectivity index (χ2v) is 5.74. The van der Waals surface area contributed by atoms with E-state index in [1.807, 2.05) is 33.6 Å². The molecule has 5 nitrogen and oxygen atoms in total. The lowest BCUT2D eigenvalue weighted by molar-refractivity contribution is -0.143. The Morgan fingerprint density at radius 1 is 1.33 bits per heavy atom. The summed E-state index contributed by atoms with van der Waals surface area (Å²) in [5.41, 5.74) is 0.730. The molecule has 0 bridgehead atoms. The van der Waals surface area contributed by atoms with E-state index in [4.69, 9.17) is 0 Å². The van der Waals surface area contributed by atoms with Crippen LogP contribution in [0.3, 0.4) is 0 Å². The van der Waals surface area contributed by atoms with Gasteiger partial charge in [0.25, 0.3) is 5.91 Å². The lowest BCUT2D eigenvalue weighted by Gasteiger charge is -2.26. The van der Waals surface area contributed by atoms with Crippen molar-refractivity contribution < 1.29 is 14.7 Å². The number of carboxylic acid groups (broad SMARTS) is 1. The molecule has 1 amide bonds. The van der Waals surface area contributed by atoms with Gasteiger partial charge in [-0.3, -0.25) is 14.5 Å². The molecule has 0 aliphatic carbocycles. The molecule has 1 aliphatic rings. The normalized spacial score (nSPS) is 17.7. The van der Waals surface area contributed by atoms with Crippen LogP contribution in [0.25, 0.3) is 0 Å². The van der Waals surface area contributed by atoms with Gasteiger partial charge in [0.1, 0.15) is 6.04 Å². The predicted octanol–water partition coefficient (Wildman–Crippen LogP) is 2.18. The van der Waals surface area contributed by atoms with Crippen molar-refractivity contribution in [1.29, 1.82) is 0 Å². The Labute approximate surface area is 135 Å². The molecule has 1 saturated heterocycles. The third kappa shape index (κ3) is 4.43. The van der Waals surface area contributed by atoms with Crippen molar-refractivity contribution >= 4 is 35.6 Å². The maximum atomic E-state index is 12.3. The SMILES string of the molecule is CCC(C(=O)O)N1CCCN(C(=O)c2ccsc2)CC1.Cl. The Morgan fingerprint density at radius 3 is 2.67 bits per heavy atom. The molecular formula is C14H21ClN2O3S. The van der Waals surface area contributed by atoms with Crippen molar-refractivity contribution in [2.24, 2.45) is 0 Å². The zero-order valence-electron chi connectivity index (χ0n) is 12.0. The summed E-state index contributed by atoms with van der Waals surface area (Å²) in [4.78, 5) is 27.3. The average Bonchev–Trinajstić information content (AvgIpc) is 2.85. The number of hydrogen-bond donors (Lipinski definition) is 1. The molecule has 2 heterocycles. The van der Waals surface area contributed by atoms with Crippen LogP contribution in [0.1, 0.15) is 30.1 Å². The highest BCUT2D eigenvalue weighted by Gasteiger charge is 2.27. The fraction of sp³-hybridized carbons (Fsp3) is 0.571. The number of rotatable bonds is 4. The Bertz CT molecular complexity index is 467. The topological polar surface area (TPSA) is 60.9 Å². The van der Waals surface area contributed by atoms with Gasteiger partial charge in [-0.2, -0.15) is 11.3 Å². The van der Waals surface area contributed by atoms with Crippen LogP contribution in [0, 0.1) is 0 Å². The van der Waals surface area contributed by atoms with Crippen molar-refractivity contribution in [3.05, 3.63) is 22.4 Å². The molecule has 0 radical (unpaired) electrons. The Morgan fingerprint density at radius 2 is 2.10 bits per heavy atom. The third-order valence-corrected chi connectivity index (χ3v) is 4.38. The Balaban J connectivity index is 0.00000220. The van der Waals surface area contributed by atoms with E-state index in [0.717, 1.165) is 18.5 Å². The zero-order valence-corrected chi connectivity index (χ0v) is 13.7. The molecule has 1 N–H and O–H groups in total. The Kier molecular flexibility index (Phi) is 7.14. The van der Waals surface area contributed by atoms with E-state index in [2.05, 4.69) is 0 Å².